The minimum atomic E-state index is 0.591. The summed E-state index contributed by atoms with van der Waals surface area (Å²) in [6.07, 6.45) is 10.0. The van der Waals surface area contributed by atoms with E-state index in [9.17, 15) is 0 Å². The zero-order chi connectivity index (χ0) is 10.9. The Bertz CT molecular complexity index is 205. The maximum Gasteiger partial charge on any atom is 0.00748 e. The van der Waals surface area contributed by atoms with Crippen molar-refractivity contribution in [3.8, 4) is 0 Å². The fourth-order valence-electron chi connectivity index (χ4n) is 3.28. The van der Waals surface area contributed by atoms with Crippen molar-refractivity contribution in [2.45, 2.75) is 77.8 Å². The Labute approximate surface area is 95.0 Å². The van der Waals surface area contributed by atoms with Gasteiger partial charge in [-0.15, -0.1) is 0 Å². The van der Waals surface area contributed by atoms with Gasteiger partial charge in [0.25, 0.3) is 0 Å². The van der Waals surface area contributed by atoms with Gasteiger partial charge in [0.05, 0.1) is 0 Å². The van der Waals surface area contributed by atoms with Crippen molar-refractivity contribution >= 4 is 0 Å². The number of rotatable bonds is 4. The van der Waals surface area contributed by atoms with Crippen LogP contribution in [0, 0.1) is 11.3 Å². The highest BCUT2D eigenvalue weighted by molar-refractivity contribution is 4.88. The average molecular weight is 209 g/mol. The molecule has 0 aromatic carbocycles. The molecule has 0 aromatic heterocycles. The lowest BCUT2D eigenvalue weighted by Gasteiger charge is -2.30. The van der Waals surface area contributed by atoms with Crippen LogP contribution in [0.4, 0.5) is 0 Å². The average Bonchev–Trinajstić information content (AvgIpc) is 2.38. The normalized spacial score (nSPS) is 32.6. The zero-order valence-corrected chi connectivity index (χ0v) is 10.7. The molecule has 2 unspecified atom stereocenters. The molecule has 2 aliphatic carbocycles. The van der Waals surface area contributed by atoms with Gasteiger partial charge >= 0.3 is 0 Å². The first-order valence-electron chi connectivity index (χ1n) is 6.81. The molecule has 0 aromatic rings. The molecule has 1 N–H and O–H groups in total. The summed E-state index contributed by atoms with van der Waals surface area (Å²) < 4.78 is 0. The van der Waals surface area contributed by atoms with Crippen LogP contribution in [0.1, 0.15) is 65.7 Å². The number of hydrogen-bond donors (Lipinski definition) is 1. The Morgan fingerprint density at radius 3 is 2.47 bits per heavy atom. The zero-order valence-electron chi connectivity index (χ0n) is 10.7. The van der Waals surface area contributed by atoms with Gasteiger partial charge < -0.3 is 5.32 Å². The molecule has 0 spiro atoms. The lowest BCUT2D eigenvalue weighted by Crippen LogP contribution is -2.37. The third-order valence-corrected chi connectivity index (χ3v) is 4.40. The van der Waals surface area contributed by atoms with Gasteiger partial charge in [-0.25, -0.2) is 0 Å². The lowest BCUT2D eigenvalue weighted by molar-refractivity contribution is 0.254. The molecule has 2 rings (SSSR count). The van der Waals surface area contributed by atoms with Gasteiger partial charge in [-0.05, 0) is 43.9 Å². The summed E-state index contributed by atoms with van der Waals surface area (Å²) in [5.74, 6) is 1.04. The number of nitrogens with one attached hydrogen (secondary N) is 1. The van der Waals surface area contributed by atoms with Gasteiger partial charge in [0.15, 0.2) is 0 Å². The molecule has 0 bridgehead atoms. The smallest absolute Gasteiger partial charge is 0.00748 e. The maximum atomic E-state index is 3.83. The molecular formula is C14H27N. The second-order valence-electron chi connectivity index (χ2n) is 6.70. The Morgan fingerprint density at radius 2 is 2.00 bits per heavy atom. The first-order chi connectivity index (χ1) is 7.05. The second kappa shape index (κ2) is 4.45. The molecule has 1 nitrogen and oxygen atoms in total. The Kier molecular flexibility index (Phi) is 3.39. The fourth-order valence-corrected chi connectivity index (χ4v) is 3.28. The third-order valence-electron chi connectivity index (χ3n) is 4.40. The quantitative estimate of drug-likeness (QED) is 0.744. The summed E-state index contributed by atoms with van der Waals surface area (Å²) in [5.41, 5.74) is 0.591. The van der Waals surface area contributed by atoms with E-state index in [1.807, 2.05) is 0 Å². The van der Waals surface area contributed by atoms with E-state index in [-0.39, 0.29) is 0 Å². The summed E-state index contributed by atoms with van der Waals surface area (Å²) >= 11 is 0. The van der Waals surface area contributed by atoms with Gasteiger partial charge in [-0.1, -0.05) is 33.1 Å². The lowest BCUT2D eigenvalue weighted by atomic mass is 9.81. The minimum Gasteiger partial charge on any atom is -0.311 e. The van der Waals surface area contributed by atoms with Crippen molar-refractivity contribution < 1.29 is 0 Å². The SMILES string of the molecule is CC(CC1CCC1)NC1CCC(C)(C)C1. The van der Waals surface area contributed by atoms with Crippen molar-refractivity contribution in [2.24, 2.45) is 11.3 Å². The van der Waals surface area contributed by atoms with Crippen molar-refractivity contribution in [1.29, 1.82) is 0 Å². The van der Waals surface area contributed by atoms with Gasteiger partial charge in [-0.2, -0.15) is 0 Å². The molecule has 2 aliphatic rings. The van der Waals surface area contributed by atoms with Crippen LogP contribution >= 0.6 is 0 Å². The van der Waals surface area contributed by atoms with Crippen molar-refractivity contribution in [3.63, 3.8) is 0 Å². The fraction of sp³-hybridized carbons (Fsp3) is 1.00. The molecule has 2 atom stereocenters. The van der Waals surface area contributed by atoms with Crippen LogP contribution in [0.5, 0.6) is 0 Å². The van der Waals surface area contributed by atoms with Crippen LogP contribution in [-0.2, 0) is 0 Å². The summed E-state index contributed by atoms with van der Waals surface area (Å²) in [7, 11) is 0. The largest absolute Gasteiger partial charge is 0.311 e. The van der Waals surface area contributed by atoms with E-state index in [2.05, 4.69) is 26.1 Å². The first kappa shape index (κ1) is 11.4. The van der Waals surface area contributed by atoms with E-state index < -0.39 is 0 Å². The van der Waals surface area contributed by atoms with Gasteiger partial charge in [0.1, 0.15) is 0 Å². The molecule has 0 amide bonds. The number of hydrogen-bond acceptors (Lipinski definition) is 1. The van der Waals surface area contributed by atoms with Gasteiger partial charge in [0, 0.05) is 12.1 Å². The van der Waals surface area contributed by atoms with Crippen LogP contribution < -0.4 is 5.32 Å². The molecule has 0 saturated heterocycles. The summed E-state index contributed by atoms with van der Waals surface area (Å²) in [6, 6.07) is 1.55. The predicted octanol–water partition coefficient (Wildman–Crippen LogP) is 3.73. The summed E-state index contributed by atoms with van der Waals surface area (Å²) in [6.45, 7) is 7.19. The van der Waals surface area contributed by atoms with Crippen LogP contribution in [0.3, 0.4) is 0 Å². The van der Waals surface area contributed by atoms with Gasteiger partial charge in [-0.3, -0.25) is 0 Å². The van der Waals surface area contributed by atoms with E-state index in [1.165, 1.54) is 44.9 Å². The Hall–Kier alpha value is -0.0400. The topological polar surface area (TPSA) is 12.0 Å². The maximum absolute atomic E-state index is 3.83. The van der Waals surface area contributed by atoms with E-state index >= 15 is 0 Å². The second-order valence-corrected chi connectivity index (χ2v) is 6.70. The van der Waals surface area contributed by atoms with Crippen LogP contribution in [0.2, 0.25) is 0 Å². The van der Waals surface area contributed by atoms with E-state index in [0.717, 1.165) is 18.0 Å². The van der Waals surface area contributed by atoms with Crippen molar-refractivity contribution in [1.82, 2.24) is 5.32 Å². The van der Waals surface area contributed by atoms with Crippen LogP contribution in [-0.4, -0.2) is 12.1 Å². The minimum absolute atomic E-state index is 0.591. The Balaban J connectivity index is 1.67. The summed E-state index contributed by atoms with van der Waals surface area (Å²) in [5, 5.41) is 3.83. The molecule has 2 saturated carbocycles. The molecule has 0 heterocycles. The molecule has 0 radical (unpaired) electrons. The molecule has 2 fully saturated rings. The van der Waals surface area contributed by atoms with E-state index in [4.69, 9.17) is 0 Å². The highest BCUT2D eigenvalue weighted by atomic mass is 15.0. The molecule has 1 heteroatoms. The monoisotopic (exact) mass is 209 g/mol. The highest BCUT2D eigenvalue weighted by Crippen LogP contribution is 2.37. The van der Waals surface area contributed by atoms with E-state index in [0.29, 0.717) is 5.41 Å². The predicted molar refractivity (Wildman–Crippen MR) is 66.0 cm³/mol. The third kappa shape index (κ3) is 3.21. The standard InChI is InChI=1S/C14H27N/c1-11(9-12-5-4-6-12)15-13-7-8-14(2,3)10-13/h11-13,15H,4-10H2,1-3H3. The molecule has 88 valence electrons. The molecule has 0 aliphatic heterocycles. The van der Waals surface area contributed by atoms with Crippen molar-refractivity contribution in [3.05, 3.63) is 0 Å². The molecular weight excluding hydrogens is 182 g/mol. The summed E-state index contributed by atoms with van der Waals surface area (Å²) in [4.78, 5) is 0. The van der Waals surface area contributed by atoms with Crippen LogP contribution in [0.15, 0.2) is 0 Å². The van der Waals surface area contributed by atoms with E-state index in [1.54, 1.807) is 0 Å². The van der Waals surface area contributed by atoms with Crippen LogP contribution in [0.25, 0.3) is 0 Å². The van der Waals surface area contributed by atoms with Crippen molar-refractivity contribution in [2.75, 3.05) is 0 Å². The molecule has 15 heavy (non-hydrogen) atoms. The first-order valence-corrected chi connectivity index (χ1v) is 6.81. The Morgan fingerprint density at radius 1 is 1.27 bits per heavy atom. The highest BCUT2D eigenvalue weighted by Gasteiger charge is 2.31. The van der Waals surface area contributed by atoms with Gasteiger partial charge in [0.2, 0.25) is 0 Å².